The fraction of sp³-hybridized carbons (Fsp3) is 0.267. The normalized spacial score (nSPS) is 12.9. The van der Waals surface area contributed by atoms with Gasteiger partial charge in [-0.3, -0.25) is 10.1 Å². The van der Waals surface area contributed by atoms with E-state index in [1.165, 1.54) is 11.3 Å². The van der Waals surface area contributed by atoms with E-state index in [4.69, 9.17) is 21.9 Å². The van der Waals surface area contributed by atoms with E-state index in [1.54, 1.807) is 17.4 Å². The lowest BCUT2D eigenvalue weighted by Gasteiger charge is -2.13. The largest absolute Gasteiger partial charge is 0.491 e. The number of nitrogens with one attached hydrogen (secondary N) is 2. The third-order valence-electron chi connectivity index (χ3n) is 6.45. The first-order valence-corrected chi connectivity index (χ1v) is 14.0. The minimum absolute atomic E-state index is 0.0459. The molecule has 2 aromatic heterocycles. The molecule has 1 aliphatic carbocycles. The zero-order valence-corrected chi connectivity index (χ0v) is 23.0. The summed E-state index contributed by atoms with van der Waals surface area (Å²) in [5.41, 5.74) is 4.45. The number of ether oxygens (including phenoxy) is 1. The number of thiophene rings is 1. The Kier molecular flexibility index (Phi) is 7.68. The first-order valence-electron chi connectivity index (χ1n) is 12.8. The van der Waals surface area contributed by atoms with Gasteiger partial charge in [0.25, 0.3) is 5.91 Å². The number of rotatable bonds is 5. The number of hydrogen-bond donors (Lipinski definition) is 2. The average molecular weight is 541 g/mol. The van der Waals surface area contributed by atoms with Crippen LogP contribution in [0.1, 0.15) is 59.5 Å². The summed E-state index contributed by atoms with van der Waals surface area (Å²) in [4.78, 5) is 19.5. The number of aromatic nitrogens is 1. The van der Waals surface area contributed by atoms with Gasteiger partial charge >= 0.3 is 0 Å². The molecular weight excluding hydrogens is 512 g/mol. The number of amides is 1. The second kappa shape index (κ2) is 11.3. The molecule has 0 saturated heterocycles. The predicted molar refractivity (Wildman–Crippen MR) is 157 cm³/mol. The number of aryl methyl sites for hydroxylation is 1. The lowest BCUT2D eigenvalue weighted by atomic mass is 10.0. The highest BCUT2D eigenvalue weighted by molar-refractivity contribution is 7.80. The summed E-state index contributed by atoms with van der Waals surface area (Å²) in [6.45, 7) is 3.96. The third-order valence-corrected chi connectivity index (χ3v) is 7.86. The molecule has 192 valence electrons. The Morgan fingerprint density at radius 1 is 1.11 bits per heavy atom. The molecule has 2 aromatic carbocycles. The maximum Gasteiger partial charge on any atom is 0.258 e. The first kappa shape index (κ1) is 25.8. The Hall–Kier alpha value is -3.80. The van der Waals surface area contributed by atoms with Gasteiger partial charge in [-0.1, -0.05) is 36.8 Å². The van der Waals surface area contributed by atoms with Crippen LogP contribution in [-0.4, -0.2) is 22.1 Å². The number of nitriles is 1. The molecule has 38 heavy (non-hydrogen) atoms. The fourth-order valence-corrected chi connectivity index (χ4v) is 6.27. The Labute approximate surface area is 231 Å². The van der Waals surface area contributed by atoms with E-state index < -0.39 is 0 Å². The van der Waals surface area contributed by atoms with Crippen molar-refractivity contribution < 1.29 is 9.53 Å². The van der Waals surface area contributed by atoms with Gasteiger partial charge in [0.2, 0.25) is 0 Å². The molecule has 0 radical (unpaired) electrons. The van der Waals surface area contributed by atoms with Crippen LogP contribution in [0, 0.1) is 11.3 Å². The molecule has 6 nitrogen and oxygen atoms in total. The van der Waals surface area contributed by atoms with Crippen molar-refractivity contribution >= 4 is 50.5 Å². The Morgan fingerprint density at radius 3 is 2.74 bits per heavy atom. The number of pyridine rings is 1. The molecule has 2 N–H and O–H groups in total. The summed E-state index contributed by atoms with van der Waals surface area (Å²) >= 11 is 7.08. The molecule has 0 aliphatic heterocycles. The van der Waals surface area contributed by atoms with Crippen molar-refractivity contribution in [2.24, 2.45) is 0 Å². The van der Waals surface area contributed by atoms with E-state index in [-0.39, 0.29) is 17.1 Å². The van der Waals surface area contributed by atoms with E-state index >= 15 is 0 Å². The monoisotopic (exact) mass is 540 g/mol. The summed E-state index contributed by atoms with van der Waals surface area (Å²) in [6, 6.07) is 19.4. The van der Waals surface area contributed by atoms with Crippen molar-refractivity contribution in [3.05, 3.63) is 76.2 Å². The summed E-state index contributed by atoms with van der Waals surface area (Å²) in [5.74, 6) is 0.403. The number of thiocarbonyl (C=S) groups is 1. The molecule has 0 bridgehead atoms. The average Bonchev–Trinajstić information content (AvgIpc) is 3.05. The number of para-hydroxylation sites is 1. The quantitative estimate of drug-likeness (QED) is 0.209. The molecule has 4 aromatic rings. The summed E-state index contributed by atoms with van der Waals surface area (Å²) in [6.07, 6.45) is 5.33. The highest BCUT2D eigenvalue weighted by atomic mass is 32.1. The second-order valence-electron chi connectivity index (χ2n) is 9.56. The van der Waals surface area contributed by atoms with Crippen molar-refractivity contribution in [3.63, 3.8) is 0 Å². The van der Waals surface area contributed by atoms with Crippen molar-refractivity contribution in [2.45, 2.75) is 52.1 Å². The van der Waals surface area contributed by atoms with Gasteiger partial charge in [-0.2, -0.15) is 5.26 Å². The van der Waals surface area contributed by atoms with E-state index in [0.717, 1.165) is 47.9 Å². The van der Waals surface area contributed by atoms with Crippen LogP contribution in [0.4, 0.5) is 5.00 Å². The lowest BCUT2D eigenvalue weighted by Crippen LogP contribution is -2.34. The fourth-order valence-electron chi connectivity index (χ4n) is 4.77. The van der Waals surface area contributed by atoms with Gasteiger partial charge in [-0.05, 0) is 81.6 Å². The highest BCUT2D eigenvalue weighted by Gasteiger charge is 2.21. The Morgan fingerprint density at radius 2 is 1.92 bits per heavy atom. The summed E-state index contributed by atoms with van der Waals surface area (Å²) in [5, 5.41) is 17.4. The minimum Gasteiger partial charge on any atom is -0.491 e. The molecule has 2 heterocycles. The molecule has 0 saturated carbocycles. The van der Waals surface area contributed by atoms with E-state index in [2.05, 4.69) is 16.7 Å². The van der Waals surface area contributed by atoms with Gasteiger partial charge in [0.1, 0.15) is 16.8 Å². The molecule has 1 aliphatic rings. The van der Waals surface area contributed by atoms with Gasteiger partial charge in [0.05, 0.1) is 28.4 Å². The van der Waals surface area contributed by atoms with E-state index in [0.29, 0.717) is 27.3 Å². The van der Waals surface area contributed by atoms with Gasteiger partial charge in [-0.15, -0.1) is 11.3 Å². The van der Waals surface area contributed by atoms with Crippen molar-refractivity contribution in [2.75, 3.05) is 5.32 Å². The zero-order chi connectivity index (χ0) is 26.6. The van der Waals surface area contributed by atoms with Crippen LogP contribution in [-0.2, 0) is 12.8 Å². The van der Waals surface area contributed by atoms with Crippen LogP contribution in [0.5, 0.6) is 5.75 Å². The van der Waals surface area contributed by atoms with Gasteiger partial charge < -0.3 is 10.1 Å². The number of hydrogen-bond acceptors (Lipinski definition) is 6. The number of benzene rings is 2. The van der Waals surface area contributed by atoms with Gasteiger partial charge in [0, 0.05) is 15.8 Å². The van der Waals surface area contributed by atoms with Gasteiger partial charge in [0.15, 0.2) is 5.11 Å². The van der Waals surface area contributed by atoms with Crippen LogP contribution in [0.3, 0.4) is 0 Å². The third kappa shape index (κ3) is 5.54. The highest BCUT2D eigenvalue weighted by Crippen LogP contribution is 2.37. The number of carbonyl (C=O) groups excluding carboxylic acids is 1. The predicted octanol–water partition coefficient (Wildman–Crippen LogP) is 7.02. The Bertz CT molecular complexity index is 1570. The van der Waals surface area contributed by atoms with Crippen LogP contribution < -0.4 is 15.4 Å². The standard InChI is InChI=1S/C30H28N4O2S2/c1-18(2)36-20-10-8-9-19(15-20)26-16-23(21-11-6-7-13-25(21)32-26)28(35)33-30(37)34-29-24(17-31)22-12-4-3-5-14-27(22)38-29/h6-11,13,15-16,18H,3-5,12,14H2,1-2H3,(H2,33,34,35,37). The van der Waals surface area contributed by atoms with E-state index in [9.17, 15) is 10.1 Å². The van der Waals surface area contributed by atoms with Crippen LogP contribution in [0.15, 0.2) is 54.6 Å². The second-order valence-corrected chi connectivity index (χ2v) is 11.1. The lowest BCUT2D eigenvalue weighted by molar-refractivity contribution is 0.0979. The molecule has 0 unspecified atom stereocenters. The van der Waals surface area contributed by atoms with Crippen LogP contribution >= 0.6 is 23.6 Å². The molecule has 1 amide bonds. The maximum atomic E-state index is 13.5. The van der Waals surface area contributed by atoms with Crippen molar-refractivity contribution in [3.8, 4) is 23.1 Å². The number of nitrogens with zero attached hydrogens (tertiary/aromatic N) is 2. The molecule has 8 heteroatoms. The molecule has 0 spiro atoms. The van der Waals surface area contributed by atoms with Crippen molar-refractivity contribution in [1.29, 1.82) is 5.26 Å². The zero-order valence-electron chi connectivity index (χ0n) is 21.3. The van der Waals surface area contributed by atoms with Crippen molar-refractivity contribution in [1.82, 2.24) is 10.3 Å². The molecular formula is C30H28N4O2S2. The van der Waals surface area contributed by atoms with Crippen LogP contribution in [0.2, 0.25) is 0 Å². The SMILES string of the molecule is CC(C)Oc1cccc(-c2cc(C(=O)NC(=S)Nc3sc4c(c3C#N)CCCCC4)c3ccccc3n2)c1. The minimum atomic E-state index is -0.339. The van der Waals surface area contributed by atoms with Crippen LogP contribution in [0.25, 0.3) is 22.2 Å². The summed E-state index contributed by atoms with van der Waals surface area (Å²) in [7, 11) is 0. The number of fused-ring (bicyclic) bond motifs is 2. The molecule has 5 rings (SSSR count). The Balaban J connectivity index is 1.42. The van der Waals surface area contributed by atoms with Gasteiger partial charge in [-0.25, -0.2) is 4.98 Å². The molecule has 0 fully saturated rings. The van der Waals surface area contributed by atoms with E-state index in [1.807, 2.05) is 62.4 Å². The smallest absolute Gasteiger partial charge is 0.258 e. The molecule has 0 atom stereocenters. The first-order chi connectivity index (χ1) is 18.4. The number of carbonyl (C=O) groups is 1. The topological polar surface area (TPSA) is 87.0 Å². The number of anilines is 1. The maximum absolute atomic E-state index is 13.5. The summed E-state index contributed by atoms with van der Waals surface area (Å²) < 4.78 is 5.85.